The van der Waals surface area contributed by atoms with Crippen LogP contribution in [0.25, 0.3) is 11.1 Å². The Balaban J connectivity index is 1.86. The third-order valence-corrected chi connectivity index (χ3v) is 3.77. The van der Waals surface area contributed by atoms with Crippen molar-refractivity contribution in [1.29, 1.82) is 10.9 Å². The first-order chi connectivity index (χ1) is 12.0. The van der Waals surface area contributed by atoms with E-state index >= 15 is 0 Å². The van der Waals surface area contributed by atoms with Gasteiger partial charge in [-0.2, -0.15) is 0 Å². The van der Waals surface area contributed by atoms with Gasteiger partial charge in [-0.15, -0.1) is 5.11 Å². The predicted molar refractivity (Wildman–Crippen MR) is 86.3 cm³/mol. The number of aliphatic hydroxyl groups excluding tert-OH is 1. The van der Waals surface area contributed by atoms with E-state index in [1.165, 1.54) is 29.3 Å². The van der Waals surface area contributed by atoms with Crippen molar-refractivity contribution in [2.24, 2.45) is 5.11 Å². The molecule has 0 spiro atoms. The fourth-order valence-electron chi connectivity index (χ4n) is 2.48. The Bertz CT molecular complexity index is 840. The molecule has 128 valence electrons. The van der Waals surface area contributed by atoms with Crippen molar-refractivity contribution in [3.8, 4) is 11.1 Å². The van der Waals surface area contributed by atoms with Gasteiger partial charge in [-0.1, -0.05) is 6.07 Å². The van der Waals surface area contributed by atoms with Gasteiger partial charge in [-0.3, -0.25) is 15.3 Å². The molecule has 1 aromatic carbocycles. The number of nitrogens with zero attached hydrogens (tertiary/aromatic N) is 3. The van der Waals surface area contributed by atoms with Crippen LogP contribution in [-0.2, 0) is 4.74 Å². The number of anilines is 1. The first-order valence-corrected chi connectivity index (χ1v) is 7.35. The van der Waals surface area contributed by atoms with Gasteiger partial charge in [-0.05, 0) is 24.3 Å². The van der Waals surface area contributed by atoms with Gasteiger partial charge >= 0.3 is 6.09 Å². The number of aliphatic hydroxyl groups is 1. The molecule has 9 heteroatoms. The summed E-state index contributed by atoms with van der Waals surface area (Å²) in [4.78, 5) is 17.0. The molecule has 25 heavy (non-hydrogen) atoms. The highest BCUT2D eigenvalue weighted by Gasteiger charge is 2.32. The Hall–Kier alpha value is -3.20. The highest BCUT2D eigenvalue weighted by Crippen LogP contribution is 2.28. The first kappa shape index (κ1) is 16.7. The Morgan fingerprint density at radius 2 is 2.24 bits per heavy atom. The molecule has 0 radical (unpaired) electrons. The maximum atomic E-state index is 14.5. The van der Waals surface area contributed by atoms with E-state index in [0.29, 0.717) is 11.3 Å². The van der Waals surface area contributed by atoms with Gasteiger partial charge in [0, 0.05) is 17.3 Å². The molecule has 2 aromatic rings. The quantitative estimate of drug-likeness (QED) is 0.448. The van der Waals surface area contributed by atoms with Crippen molar-refractivity contribution in [3.05, 3.63) is 48.0 Å². The number of carbonyl (C=O) groups is 1. The number of nitrogens with one attached hydrogen (secondary N) is 2. The fourth-order valence-corrected chi connectivity index (χ4v) is 2.48. The zero-order valence-corrected chi connectivity index (χ0v) is 12.9. The number of carbonyl (C=O) groups excluding carboxylic acids is 1. The van der Waals surface area contributed by atoms with Gasteiger partial charge in [-0.25, -0.2) is 14.7 Å². The zero-order chi connectivity index (χ0) is 18.0. The number of amidine groups is 1. The molecular weight excluding hydrogens is 329 g/mol. The van der Waals surface area contributed by atoms with E-state index in [1.807, 2.05) is 0 Å². The lowest BCUT2D eigenvalue weighted by molar-refractivity contribution is 0.0963. The van der Waals surface area contributed by atoms with E-state index in [-0.39, 0.29) is 30.2 Å². The third kappa shape index (κ3) is 3.22. The van der Waals surface area contributed by atoms with E-state index in [0.717, 1.165) is 0 Å². The lowest BCUT2D eigenvalue weighted by Gasteiger charge is -2.14. The highest BCUT2D eigenvalue weighted by atomic mass is 19.1. The van der Waals surface area contributed by atoms with Gasteiger partial charge in [0.2, 0.25) is 0 Å². The van der Waals surface area contributed by atoms with E-state index in [2.05, 4.69) is 10.1 Å². The first-order valence-electron chi connectivity index (χ1n) is 7.35. The number of amides is 1. The minimum absolute atomic E-state index is 0.156. The Morgan fingerprint density at radius 1 is 1.44 bits per heavy atom. The van der Waals surface area contributed by atoms with Crippen LogP contribution in [0.3, 0.4) is 0 Å². The predicted octanol–water partition coefficient (Wildman–Crippen LogP) is 2.56. The van der Waals surface area contributed by atoms with Crippen LogP contribution in [0.2, 0.25) is 0 Å². The number of aromatic nitrogens is 1. The second-order valence-corrected chi connectivity index (χ2v) is 5.36. The van der Waals surface area contributed by atoms with Crippen LogP contribution in [0.4, 0.5) is 14.9 Å². The molecule has 1 atom stereocenters. The van der Waals surface area contributed by atoms with Gasteiger partial charge in [0.25, 0.3) is 0 Å². The summed E-state index contributed by atoms with van der Waals surface area (Å²) in [6.07, 6.45) is 0.138. The number of rotatable bonds is 4. The highest BCUT2D eigenvalue weighted by molar-refractivity contribution is 5.95. The molecule has 3 N–H and O–H groups in total. The minimum Gasteiger partial charge on any atom is -0.441 e. The topological polar surface area (TPSA) is 123 Å². The Morgan fingerprint density at radius 3 is 2.80 bits per heavy atom. The normalized spacial score (nSPS) is 16.6. The van der Waals surface area contributed by atoms with Crippen molar-refractivity contribution >= 4 is 17.6 Å². The Kier molecular flexibility index (Phi) is 4.48. The zero-order valence-electron chi connectivity index (χ0n) is 12.9. The number of hydrogen-bond donors (Lipinski definition) is 3. The number of ether oxygens (including phenoxy) is 1. The number of halogens is 1. The largest absolute Gasteiger partial charge is 0.441 e. The minimum atomic E-state index is -0.630. The molecule has 1 fully saturated rings. The maximum Gasteiger partial charge on any atom is 0.414 e. The summed E-state index contributed by atoms with van der Waals surface area (Å²) >= 11 is 0. The lowest BCUT2D eigenvalue weighted by atomic mass is 10.1. The summed E-state index contributed by atoms with van der Waals surface area (Å²) in [6, 6.07) is 7.36. The average Bonchev–Trinajstić information content (AvgIpc) is 3.02. The summed E-state index contributed by atoms with van der Waals surface area (Å²) in [6.45, 7) is -0.135. The van der Waals surface area contributed by atoms with E-state index in [9.17, 15) is 9.18 Å². The summed E-state index contributed by atoms with van der Waals surface area (Å²) in [5.41, 5.74) is 8.11. The van der Waals surface area contributed by atoms with Crippen molar-refractivity contribution in [3.63, 3.8) is 0 Å². The fraction of sp³-hybridized carbons (Fsp3) is 0.188. The van der Waals surface area contributed by atoms with Gasteiger partial charge < -0.3 is 9.84 Å². The second kappa shape index (κ2) is 6.73. The number of benzene rings is 1. The smallest absolute Gasteiger partial charge is 0.414 e. The van der Waals surface area contributed by atoms with Crippen molar-refractivity contribution < 1.29 is 19.0 Å². The molecule has 2 heterocycles. The molecule has 8 nitrogen and oxygen atoms in total. The summed E-state index contributed by atoms with van der Waals surface area (Å²) in [5.74, 6) is -0.832. The molecule has 0 unspecified atom stereocenters. The van der Waals surface area contributed by atoms with Gasteiger partial charge in [0.15, 0.2) is 5.84 Å². The van der Waals surface area contributed by atoms with Crippen molar-refractivity contribution in [2.45, 2.75) is 6.10 Å². The van der Waals surface area contributed by atoms with E-state index in [1.54, 1.807) is 12.1 Å². The molecule has 1 amide bonds. The Labute approximate surface area is 141 Å². The number of hydrogen-bond acceptors (Lipinski definition) is 6. The number of pyridine rings is 1. The SMILES string of the molecule is N=NC(=N)c1ccc(-c2ccc(N3C[C@H](CO)OC3=O)cc2F)cn1. The monoisotopic (exact) mass is 343 g/mol. The molecule has 1 aliphatic rings. The van der Waals surface area contributed by atoms with Crippen molar-refractivity contribution in [2.75, 3.05) is 18.1 Å². The molecule has 0 saturated carbocycles. The second-order valence-electron chi connectivity index (χ2n) is 5.36. The van der Waals surface area contributed by atoms with Crippen LogP contribution in [-0.4, -0.2) is 41.3 Å². The molecule has 1 aromatic heterocycles. The van der Waals surface area contributed by atoms with Crippen LogP contribution in [0.1, 0.15) is 5.69 Å². The molecule has 0 bridgehead atoms. The molecule has 0 aliphatic carbocycles. The van der Waals surface area contributed by atoms with Crippen LogP contribution in [0.15, 0.2) is 41.6 Å². The standard InChI is InChI=1S/C16H14FN5O3/c17-13-5-10(22-7-11(8-23)25-16(22)24)2-3-12(13)9-1-4-14(20-6-9)15(18)21-19/h1-6,11,18-19,23H,7-8H2/t11-/m1/s1. The summed E-state index contributed by atoms with van der Waals surface area (Å²) in [7, 11) is 0. The summed E-state index contributed by atoms with van der Waals surface area (Å²) in [5, 5.41) is 19.5. The van der Waals surface area contributed by atoms with Crippen molar-refractivity contribution in [1.82, 2.24) is 4.98 Å². The molecule has 1 aliphatic heterocycles. The van der Waals surface area contributed by atoms with Crippen LogP contribution < -0.4 is 4.90 Å². The van der Waals surface area contributed by atoms with E-state index < -0.39 is 18.0 Å². The van der Waals surface area contributed by atoms with E-state index in [4.69, 9.17) is 20.8 Å². The van der Waals surface area contributed by atoms with Crippen LogP contribution in [0.5, 0.6) is 0 Å². The average molecular weight is 343 g/mol. The van der Waals surface area contributed by atoms with Gasteiger partial charge in [0.05, 0.1) is 18.8 Å². The van der Waals surface area contributed by atoms with Gasteiger partial charge in [0.1, 0.15) is 17.6 Å². The third-order valence-electron chi connectivity index (χ3n) is 3.77. The van der Waals surface area contributed by atoms with Crippen LogP contribution in [0, 0.1) is 16.8 Å². The summed E-state index contributed by atoms with van der Waals surface area (Å²) < 4.78 is 19.4. The lowest BCUT2D eigenvalue weighted by Crippen LogP contribution is -2.25. The molecule has 3 rings (SSSR count). The number of cyclic esters (lactones) is 1. The van der Waals surface area contributed by atoms with Crippen LogP contribution >= 0.6 is 0 Å². The molecule has 1 saturated heterocycles. The molecular formula is C16H14FN5O3. The maximum absolute atomic E-state index is 14.5.